The van der Waals surface area contributed by atoms with Crippen LogP contribution in [0.15, 0.2) is 24.3 Å². The van der Waals surface area contributed by atoms with E-state index in [1.807, 2.05) is 13.0 Å². The lowest BCUT2D eigenvalue weighted by atomic mass is 9.47. The van der Waals surface area contributed by atoms with E-state index in [4.69, 9.17) is 0 Å². The molecule has 1 fully saturated rings. The van der Waals surface area contributed by atoms with E-state index in [2.05, 4.69) is 26.5 Å². The molecule has 0 aromatic rings. The first-order chi connectivity index (χ1) is 6.89. The van der Waals surface area contributed by atoms with Gasteiger partial charge in [-0.05, 0) is 49.0 Å². The maximum atomic E-state index is 10.4. The van der Waals surface area contributed by atoms with Crippen LogP contribution >= 0.6 is 0 Å². The molecule has 1 nitrogen and oxygen atoms in total. The maximum absolute atomic E-state index is 10.4. The second kappa shape index (κ2) is 3.21. The third-order valence-electron chi connectivity index (χ3n) is 4.63. The van der Waals surface area contributed by atoms with Gasteiger partial charge in [-0.15, -0.1) is 6.58 Å². The van der Waals surface area contributed by atoms with E-state index in [0.717, 1.165) is 12.3 Å². The molecule has 3 aliphatic carbocycles. The Balaban J connectivity index is 2.24. The predicted octanol–water partition coefficient (Wildman–Crippen LogP) is 3.31. The van der Waals surface area contributed by atoms with Gasteiger partial charge in [-0.3, -0.25) is 0 Å². The molecular formula is C14H22O. The van der Waals surface area contributed by atoms with Crippen LogP contribution in [-0.2, 0) is 0 Å². The Labute approximate surface area is 92.9 Å². The van der Waals surface area contributed by atoms with Crippen LogP contribution in [0.1, 0.15) is 40.0 Å². The van der Waals surface area contributed by atoms with E-state index in [-0.39, 0.29) is 0 Å². The number of hydrogen-bond acceptors (Lipinski definition) is 1. The zero-order valence-corrected chi connectivity index (χ0v) is 10.1. The molecule has 3 rings (SSSR count). The third-order valence-corrected chi connectivity index (χ3v) is 4.63. The molecule has 0 radical (unpaired) electrons. The first-order valence-electron chi connectivity index (χ1n) is 5.93. The molecule has 1 saturated carbocycles. The van der Waals surface area contributed by atoms with E-state index in [0.29, 0.717) is 17.8 Å². The summed E-state index contributed by atoms with van der Waals surface area (Å²) < 4.78 is 0. The Morgan fingerprint density at radius 3 is 2.80 bits per heavy atom. The van der Waals surface area contributed by atoms with Crippen molar-refractivity contribution >= 4 is 0 Å². The molecule has 1 heteroatoms. The fourth-order valence-electron chi connectivity index (χ4n) is 3.35. The molecule has 2 bridgehead atoms. The highest BCUT2D eigenvalue weighted by Gasteiger charge is 2.53. The highest BCUT2D eigenvalue weighted by molar-refractivity contribution is 5.30. The molecule has 0 spiro atoms. The lowest BCUT2D eigenvalue weighted by Gasteiger charge is -2.58. The van der Waals surface area contributed by atoms with E-state index >= 15 is 0 Å². The molecule has 0 heterocycles. The summed E-state index contributed by atoms with van der Waals surface area (Å²) in [5, 5.41) is 10.4. The maximum Gasteiger partial charge on any atom is 0.0865 e. The summed E-state index contributed by atoms with van der Waals surface area (Å²) in [6.45, 7) is 10.3. The molecule has 1 N–H and O–H groups in total. The monoisotopic (exact) mass is 206 g/mol. The van der Waals surface area contributed by atoms with Crippen molar-refractivity contribution in [3.05, 3.63) is 24.3 Å². The minimum atomic E-state index is -0.672. The number of rotatable bonds is 3. The van der Waals surface area contributed by atoms with Crippen molar-refractivity contribution in [2.24, 2.45) is 17.3 Å². The van der Waals surface area contributed by atoms with Crippen molar-refractivity contribution in [2.75, 3.05) is 0 Å². The zero-order valence-electron chi connectivity index (χ0n) is 10.1. The van der Waals surface area contributed by atoms with Gasteiger partial charge in [0.1, 0.15) is 0 Å². The van der Waals surface area contributed by atoms with Gasteiger partial charge in [0.2, 0.25) is 0 Å². The molecule has 0 aliphatic heterocycles. The molecule has 84 valence electrons. The van der Waals surface area contributed by atoms with Crippen LogP contribution in [0.25, 0.3) is 0 Å². The highest BCUT2D eigenvalue weighted by atomic mass is 16.3. The lowest BCUT2D eigenvalue weighted by Crippen LogP contribution is -2.52. The summed E-state index contributed by atoms with van der Waals surface area (Å²) in [5.41, 5.74) is 0.986. The topological polar surface area (TPSA) is 20.2 Å². The summed E-state index contributed by atoms with van der Waals surface area (Å²) in [6.07, 6.45) is 7.17. The second-order valence-electron chi connectivity index (χ2n) is 5.97. The standard InChI is InChI=1S/C14H22O/c1-5-8-14(4,15)11-7-6-10-9-12(11)13(10,2)3/h5,7,10,12,15H,1,6,8-9H2,2-4H3. The van der Waals surface area contributed by atoms with Crippen molar-refractivity contribution in [1.82, 2.24) is 0 Å². The molecule has 3 unspecified atom stereocenters. The van der Waals surface area contributed by atoms with Gasteiger partial charge in [-0.1, -0.05) is 26.0 Å². The van der Waals surface area contributed by atoms with Gasteiger partial charge < -0.3 is 5.11 Å². The minimum absolute atomic E-state index is 0.398. The fourth-order valence-corrected chi connectivity index (χ4v) is 3.35. The normalized spacial score (nSPS) is 36.1. The van der Waals surface area contributed by atoms with E-state index in [9.17, 15) is 5.11 Å². The van der Waals surface area contributed by atoms with Crippen LogP contribution in [0.3, 0.4) is 0 Å². The van der Waals surface area contributed by atoms with E-state index < -0.39 is 5.60 Å². The molecule has 3 atom stereocenters. The number of allylic oxidation sites excluding steroid dienone is 1. The molecular weight excluding hydrogens is 184 g/mol. The van der Waals surface area contributed by atoms with Gasteiger partial charge in [-0.25, -0.2) is 0 Å². The summed E-state index contributed by atoms with van der Waals surface area (Å²) in [4.78, 5) is 0. The summed E-state index contributed by atoms with van der Waals surface area (Å²) in [5.74, 6) is 1.43. The van der Waals surface area contributed by atoms with E-state index in [1.54, 1.807) is 0 Å². The van der Waals surface area contributed by atoms with Gasteiger partial charge in [0.25, 0.3) is 0 Å². The Morgan fingerprint density at radius 1 is 1.67 bits per heavy atom. The summed E-state index contributed by atoms with van der Waals surface area (Å²) in [7, 11) is 0. The number of hydrogen-bond donors (Lipinski definition) is 1. The van der Waals surface area contributed by atoms with Crippen LogP contribution in [0.4, 0.5) is 0 Å². The van der Waals surface area contributed by atoms with Crippen molar-refractivity contribution < 1.29 is 5.11 Å². The Bertz CT molecular complexity index is 309. The van der Waals surface area contributed by atoms with Gasteiger partial charge in [0.15, 0.2) is 0 Å². The molecule has 0 aromatic heterocycles. The number of aliphatic hydroxyl groups is 1. The van der Waals surface area contributed by atoms with Crippen LogP contribution in [0.5, 0.6) is 0 Å². The van der Waals surface area contributed by atoms with Gasteiger partial charge in [0, 0.05) is 0 Å². The first-order valence-corrected chi connectivity index (χ1v) is 5.93. The lowest BCUT2D eigenvalue weighted by molar-refractivity contribution is -0.0391. The van der Waals surface area contributed by atoms with Crippen molar-refractivity contribution in [1.29, 1.82) is 0 Å². The van der Waals surface area contributed by atoms with Gasteiger partial charge in [0.05, 0.1) is 5.60 Å². The van der Waals surface area contributed by atoms with Crippen molar-refractivity contribution in [3.63, 3.8) is 0 Å². The van der Waals surface area contributed by atoms with E-state index in [1.165, 1.54) is 12.0 Å². The van der Waals surface area contributed by atoms with Crippen molar-refractivity contribution in [2.45, 2.75) is 45.6 Å². The van der Waals surface area contributed by atoms with Gasteiger partial charge in [-0.2, -0.15) is 0 Å². The Morgan fingerprint density at radius 2 is 2.33 bits per heavy atom. The Hall–Kier alpha value is -0.560. The summed E-state index contributed by atoms with van der Waals surface area (Å²) >= 11 is 0. The average Bonchev–Trinajstić information content (AvgIpc) is 2.17. The SMILES string of the molecule is C=CCC(C)(O)C1=CCC2CC1C2(C)C. The highest BCUT2D eigenvalue weighted by Crippen LogP contribution is 2.61. The molecule has 0 aromatic carbocycles. The second-order valence-corrected chi connectivity index (χ2v) is 5.97. The van der Waals surface area contributed by atoms with Crippen LogP contribution in [0, 0.1) is 17.3 Å². The molecule has 0 saturated heterocycles. The van der Waals surface area contributed by atoms with Crippen LogP contribution in [0.2, 0.25) is 0 Å². The quantitative estimate of drug-likeness (QED) is 0.702. The summed E-state index contributed by atoms with van der Waals surface area (Å²) in [6, 6.07) is 0. The van der Waals surface area contributed by atoms with Crippen LogP contribution in [-0.4, -0.2) is 10.7 Å². The minimum Gasteiger partial charge on any atom is -0.385 e. The Kier molecular flexibility index (Phi) is 2.34. The average molecular weight is 206 g/mol. The molecule has 15 heavy (non-hydrogen) atoms. The van der Waals surface area contributed by atoms with Crippen molar-refractivity contribution in [3.8, 4) is 0 Å². The number of fused-ring (bicyclic) bond motifs is 1. The van der Waals surface area contributed by atoms with Crippen LogP contribution < -0.4 is 0 Å². The molecule has 3 aliphatic rings. The largest absolute Gasteiger partial charge is 0.385 e. The first kappa shape index (κ1) is 10.9. The third kappa shape index (κ3) is 1.48. The predicted molar refractivity (Wildman–Crippen MR) is 63.5 cm³/mol. The zero-order chi connectivity index (χ0) is 11.3. The van der Waals surface area contributed by atoms with Gasteiger partial charge >= 0.3 is 0 Å². The molecule has 0 amide bonds. The fraction of sp³-hybridized carbons (Fsp3) is 0.714. The smallest absolute Gasteiger partial charge is 0.0865 e.